The number of hydrogen-bond donors (Lipinski definition) is 1. The number of carbonyl (C=O) groups excluding carboxylic acids is 1. The predicted molar refractivity (Wildman–Crippen MR) is 81.4 cm³/mol. The van der Waals surface area contributed by atoms with E-state index in [1.165, 1.54) is 0 Å². The van der Waals surface area contributed by atoms with Gasteiger partial charge in [0.15, 0.2) is 0 Å². The minimum absolute atomic E-state index is 0.228. The van der Waals surface area contributed by atoms with Crippen LogP contribution in [0.25, 0.3) is 0 Å². The molecule has 21 heavy (non-hydrogen) atoms. The molecule has 2 N–H and O–H groups in total. The van der Waals surface area contributed by atoms with E-state index in [2.05, 4.69) is 4.90 Å². The number of ether oxygens (including phenoxy) is 2. The van der Waals surface area contributed by atoms with E-state index in [0.717, 1.165) is 49.4 Å². The first-order chi connectivity index (χ1) is 10.1. The Balaban J connectivity index is 2.13. The Morgan fingerprint density at radius 3 is 2.81 bits per heavy atom. The summed E-state index contributed by atoms with van der Waals surface area (Å²) in [5, 5.41) is 0. The smallest absolute Gasteiger partial charge is 0.218 e. The minimum Gasteiger partial charge on any atom is -0.497 e. The van der Waals surface area contributed by atoms with E-state index >= 15 is 0 Å². The van der Waals surface area contributed by atoms with Crippen molar-refractivity contribution in [1.82, 2.24) is 4.90 Å². The fraction of sp³-hybridized carbons (Fsp3) is 0.562. The van der Waals surface area contributed by atoms with Gasteiger partial charge in [-0.2, -0.15) is 0 Å². The molecule has 5 nitrogen and oxygen atoms in total. The van der Waals surface area contributed by atoms with Crippen LogP contribution in [-0.4, -0.2) is 37.6 Å². The molecule has 1 aromatic rings. The van der Waals surface area contributed by atoms with E-state index < -0.39 is 0 Å². The zero-order valence-electron chi connectivity index (χ0n) is 12.8. The molecule has 0 radical (unpaired) electrons. The molecular formula is C16H24N2O3. The summed E-state index contributed by atoms with van der Waals surface area (Å²) in [6, 6.07) is 6.09. The zero-order chi connectivity index (χ0) is 15.2. The highest BCUT2D eigenvalue weighted by Gasteiger charge is 2.24. The van der Waals surface area contributed by atoms with Crippen LogP contribution in [0.5, 0.6) is 11.5 Å². The van der Waals surface area contributed by atoms with Gasteiger partial charge < -0.3 is 15.2 Å². The van der Waals surface area contributed by atoms with Crippen molar-refractivity contribution in [3.63, 3.8) is 0 Å². The Labute approximate surface area is 126 Å². The lowest BCUT2D eigenvalue weighted by atomic mass is 9.98. The third-order valence-electron chi connectivity index (χ3n) is 4.05. The fourth-order valence-corrected chi connectivity index (χ4v) is 2.93. The van der Waals surface area contributed by atoms with Crippen molar-refractivity contribution in [3.8, 4) is 11.5 Å². The zero-order valence-corrected chi connectivity index (χ0v) is 12.8. The van der Waals surface area contributed by atoms with Crippen LogP contribution in [-0.2, 0) is 11.3 Å². The number of amides is 1. The number of piperidine rings is 1. The molecule has 0 aliphatic carbocycles. The number of benzene rings is 1. The van der Waals surface area contributed by atoms with Gasteiger partial charge in [0.05, 0.1) is 14.2 Å². The number of methoxy groups -OCH3 is 2. The number of likely N-dealkylation sites (tertiary alicyclic amines) is 1. The Kier molecular flexibility index (Phi) is 5.44. The van der Waals surface area contributed by atoms with Crippen LogP contribution >= 0.6 is 0 Å². The molecule has 1 atom stereocenters. The normalized spacial score (nSPS) is 19.2. The Morgan fingerprint density at radius 1 is 1.33 bits per heavy atom. The van der Waals surface area contributed by atoms with E-state index in [4.69, 9.17) is 15.2 Å². The molecule has 1 unspecified atom stereocenters. The van der Waals surface area contributed by atoms with Crippen molar-refractivity contribution in [2.75, 3.05) is 20.8 Å². The van der Waals surface area contributed by atoms with Crippen LogP contribution in [0.3, 0.4) is 0 Å². The molecule has 0 saturated carbocycles. The first kappa shape index (κ1) is 15.6. The average molecular weight is 292 g/mol. The van der Waals surface area contributed by atoms with Gasteiger partial charge >= 0.3 is 0 Å². The maximum Gasteiger partial charge on any atom is 0.218 e. The first-order valence-electron chi connectivity index (χ1n) is 7.37. The molecule has 0 bridgehead atoms. The second-order valence-electron chi connectivity index (χ2n) is 5.47. The quantitative estimate of drug-likeness (QED) is 0.870. The van der Waals surface area contributed by atoms with E-state index in [0.29, 0.717) is 6.42 Å². The number of carbonyl (C=O) groups is 1. The van der Waals surface area contributed by atoms with Gasteiger partial charge in [0, 0.05) is 30.6 Å². The molecular weight excluding hydrogens is 268 g/mol. The fourth-order valence-electron chi connectivity index (χ4n) is 2.93. The molecule has 1 amide bonds. The predicted octanol–water partition coefficient (Wildman–Crippen LogP) is 1.93. The van der Waals surface area contributed by atoms with E-state index in [1.54, 1.807) is 14.2 Å². The van der Waals surface area contributed by atoms with E-state index in [9.17, 15) is 4.79 Å². The van der Waals surface area contributed by atoms with Gasteiger partial charge in [0.2, 0.25) is 5.91 Å². The van der Waals surface area contributed by atoms with Crippen LogP contribution in [0.1, 0.15) is 31.2 Å². The lowest BCUT2D eigenvalue weighted by Crippen LogP contribution is -2.41. The average Bonchev–Trinajstić information content (AvgIpc) is 2.49. The molecule has 2 rings (SSSR count). The Bertz CT molecular complexity index is 490. The van der Waals surface area contributed by atoms with Crippen LogP contribution in [0, 0.1) is 0 Å². The third kappa shape index (κ3) is 4.11. The van der Waals surface area contributed by atoms with E-state index in [-0.39, 0.29) is 11.9 Å². The Hall–Kier alpha value is -1.75. The second-order valence-corrected chi connectivity index (χ2v) is 5.47. The summed E-state index contributed by atoms with van der Waals surface area (Å²) in [5.74, 6) is 1.37. The molecule has 1 aliphatic rings. The van der Waals surface area contributed by atoms with E-state index in [1.807, 2.05) is 18.2 Å². The van der Waals surface area contributed by atoms with Crippen LogP contribution in [0.15, 0.2) is 18.2 Å². The van der Waals surface area contributed by atoms with Gasteiger partial charge in [-0.15, -0.1) is 0 Å². The van der Waals surface area contributed by atoms with Gasteiger partial charge in [-0.25, -0.2) is 0 Å². The molecule has 1 aliphatic heterocycles. The number of nitrogens with zero attached hydrogens (tertiary/aromatic N) is 1. The van der Waals surface area contributed by atoms with Gasteiger partial charge in [0.1, 0.15) is 11.5 Å². The number of primary amides is 1. The lowest BCUT2D eigenvalue weighted by Gasteiger charge is -2.35. The molecule has 0 spiro atoms. The highest BCUT2D eigenvalue weighted by atomic mass is 16.5. The largest absolute Gasteiger partial charge is 0.497 e. The summed E-state index contributed by atoms with van der Waals surface area (Å²) >= 11 is 0. The van der Waals surface area contributed by atoms with Crippen LogP contribution in [0.4, 0.5) is 0 Å². The first-order valence-corrected chi connectivity index (χ1v) is 7.37. The minimum atomic E-state index is -0.228. The second kappa shape index (κ2) is 7.31. The highest BCUT2D eigenvalue weighted by molar-refractivity contribution is 5.74. The maximum absolute atomic E-state index is 11.2. The molecule has 1 fully saturated rings. The van der Waals surface area contributed by atoms with Crippen molar-refractivity contribution in [1.29, 1.82) is 0 Å². The summed E-state index contributed by atoms with van der Waals surface area (Å²) in [5.41, 5.74) is 6.47. The van der Waals surface area contributed by atoms with Crippen LogP contribution < -0.4 is 15.2 Å². The van der Waals surface area contributed by atoms with Crippen molar-refractivity contribution in [3.05, 3.63) is 23.8 Å². The summed E-state index contributed by atoms with van der Waals surface area (Å²) in [7, 11) is 3.30. The van der Waals surface area contributed by atoms with Crippen LogP contribution in [0.2, 0.25) is 0 Å². The van der Waals surface area contributed by atoms with Crippen molar-refractivity contribution in [2.24, 2.45) is 5.73 Å². The van der Waals surface area contributed by atoms with Gasteiger partial charge in [-0.05, 0) is 25.5 Å². The summed E-state index contributed by atoms with van der Waals surface area (Å²) in [6.45, 7) is 1.76. The van der Waals surface area contributed by atoms with Gasteiger partial charge in [0.25, 0.3) is 0 Å². The molecule has 5 heteroatoms. The molecule has 1 aromatic carbocycles. The summed E-state index contributed by atoms with van der Waals surface area (Å²) in [4.78, 5) is 13.6. The summed E-state index contributed by atoms with van der Waals surface area (Å²) < 4.78 is 10.7. The lowest BCUT2D eigenvalue weighted by molar-refractivity contribution is -0.119. The number of hydrogen-bond acceptors (Lipinski definition) is 4. The van der Waals surface area contributed by atoms with Gasteiger partial charge in [-0.1, -0.05) is 12.5 Å². The van der Waals surface area contributed by atoms with Crippen molar-refractivity contribution < 1.29 is 14.3 Å². The Morgan fingerprint density at radius 2 is 2.14 bits per heavy atom. The number of nitrogens with two attached hydrogens (primary N) is 1. The third-order valence-corrected chi connectivity index (χ3v) is 4.05. The topological polar surface area (TPSA) is 64.8 Å². The molecule has 0 aromatic heterocycles. The van der Waals surface area contributed by atoms with Crippen molar-refractivity contribution >= 4 is 5.91 Å². The molecule has 1 heterocycles. The van der Waals surface area contributed by atoms with Crippen molar-refractivity contribution in [2.45, 2.75) is 38.3 Å². The monoisotopic (exact) mass is 292 g/mol. The standard InChI is InChI=1S/C16H24N2O3/c1-20-14-7-6-12(15(10-14)21-2)11-18-8-4-3-5-13(18)9-16(17)19/h6-7,10,13H,3-5,8-9,11H2,1-2H3,(H2,17,19). The molecule has 1 saturated heterocycles. The summed E-state index contributed by atoms with van der Waals surface area (Å²) in [6.07, 6.45) is 3.78. The maximum atomic E-state index is 11.2. The highest BCUT2D eigenvalue weighted by Crippen LogP contribution is 2.28. The number of rotatable bonds is 6. The van der Waals surface area contributed by atoms with Gasteiger partial charge in [-0.3, -0.25) is 9.69 Å². The molecule has 116 valence electrons. The SMILES string of the molecule is COc1ccc(CN2CCCCC2CC(N)=O)c(OC)c1.